The van der Waals surface area contributed by atoms with Crippen molar-refractivity contribution in [3.8, 4) is 0 Å². The molecule has 4 rings (SSSR count). The van der Waals surface area contributed by atoms with Crippen LogP contribution in [0.25, 0.3) is 0 Å². The van der Waals surface area contributed by atoms with Crippen LogP contribution in [0.5, 0.6) is 0 Å². The van der Waals surface area contributed by atoms with Crippen LogP contribution in [-0.2, 0) is 6.54 Å². The van der Waals surface area contributed by atoms with Crippen molar-refractivity contribution in [1.82, 2.24) is 9.47 Å². The fourth-order valence-electron chi connectivity index (χ4n) is 3.28. The Hall–Kier alpha value is -2.24. The summed E-state index contributed by atoms with van der Waals surface area (Å²) in [5.41, 5.74) is 3.09. The highest BCUT2D eigenvalue weighted by Crippen LogP contribution is 2.33. The molecule has 0 aliphatic carbocycles. The lowest BCUT2D eigenvalue weighted by molar-refractivity contribution is 0.261. The van der Waals surface area contributed by atoms with E-state index in [9.17, 15) is 0 Å². The van der Waals surface area contributed by atoms with E-state index >= 15 is 0 Å². The number of nitrogens with zero attached hydrogens (tertiary/aromatic N) is 2. The van der Waals surface area contributed by atoms with E-state index in [1.165, 1.54) is 5.69 Å². The standard InChI is InChI=1S/C19H18ClN3OS/c1-13-14(20)5-2-6-15(13)21-19(25)23-11-10-22-9-3-7-16(22)18(23)17-8-4-12-24-17/h2-9,12,18H,10-11H2,1H3,(H,21,25). The number of benzene rings is 1. The van der Waals surface area contributed by atoms with E-state index in [0.29, 0.717) is 5.11 Å². The number of fused-ring (bicyclic) bond motifs is 1. The molecule has 128 valence electrons. The summed E-state index contributed by atoms with van der Waals surface area (Å²) in [6.07, 6.45) is 3.80. The summed E-state index contributed by atoms with van der Waals surface area (Å²) < 4.78 is 7.96. The van der Waals surface area contributed by atoms with Crippen molar-refractivity contribution >= 4 is 34.6 Å². The maximum atomic E-state index is 6.23. The van der Waals surface area contributed by atoms with Gasteiger partial charge in [-0.3, -0.25) is 0 Å². The summed E-state index contributed by atoms with van der Waals surface area (Å²) in [4.78, 5) is 2.17. The zero-order valence-corrected chi connectivity index (χ0v) is 15.3. The van der Waals surface area contributed by atoms with E-state index in [-0.39, 0.29) is 6.04 Å². The Morgan fingerprint density at radius 1 is 1.20 bits per heavy atom. The fraction of sp³-hybridized carbons (Fsp3) is 0.211. The van der Waals surface area contributed by atoms with Gasteiger partial charge in [0.05, 0.1) is 6.26 Å². The predicted molar refractivity (Wildman–Crippen MR) is 104 cm³/mol. The van der Waals surface area contributed by atoms with Gasteiger partial charge in [0.15, 0.2) is 5.11 Å². The molecular weight excluding hydrogens is 354 g/mol. The molecule has 1 N–H and O–H groups in total. The average Bonchev–Trinajstić information content (AvgIpc) is 3.29. The number of furan rings is 1. The van der Waals surface area contributed by atoms with Crippen LogP contribution in [0.2, 0.25) is 5.02 Å². The summed E-state index contributed by atoms with van der Waals surface area (Å²) in [5, 5.41) is 4.75. The van der Waals surface area contributed by atoms with Gasteiger partial charge in [-0.15, -0.1) is 0 Å². The van der Waals surface area contributed by atoms with E-state index in [2.05, 4.69) is 33.1 Å². The van der Waals surface area contributed by atoms with E-state index in [1.54, 1.807) is 6.26 Å². The lowest BCUT2D eigenvalue weighted by Crippen LogP contribution is -2.44. The van der Waals surface area contributed by atoms with Crippen LogP contribution in [0.1, 0.15) is 23.1 Å². The van der Waals surface area contributed by atoms with E-state index in [1.807, 2.05) is 37.3 Å². The molecule has 1 aliphatic heterocycles. The predicted octanol–water partition coefficient (Wildman–Crippen LogP) is 4.84. The van der Waals surface area contributed by atoms with Gasteiger partial charge in [-0.05, 0) is 61.1 Å². The van der Waals surface area contributed by atoms with Crippen LogP contribution in [-0.4, -0.2) is 21.1 Å². The van der Waals surface area contributed by atoms with Crippen LogP contribution in [0.3, 0.4) is 0 Å². The summed E-state index contributed by atoms with van der Waals surface area (Å²) in [7, 11) is 0. The molecule has 1 aliphatic rings. The fourth-order valence-corrected chi connectivity index (χ4v) is 3.76. The van der Waals surface area contributed by atoms with Gasteiger partial charge in [-0.1, -0.05) is 17.7 Å². The molecule has 0 saturated heterocycles. The van der Waals surface area contributed by atoms with Gasteiger partial charge >= 0.3 is 0 Å². The highest BCUT2D eigenvalue weighted by Gasteiger charge is 2.32. The van der Waals surface area contributed by atoms with Crippen molar-refractivity contribution in [3.05, 3.63) is 77.0 Å². The third kappa shape index (κ3) is 2.94. The Kier molecular flexibility index (Phi) is 4.27. The van der Waals surface area contributed by atoms with Crippen LogP contribution in [0.15, 0.2) is 59.3 Å². The normalized spacial score (nSPS) is 16.6. The SMILES string of the molecule is Cc1c(Cl)cccc1NC(=S)N1CCn2cccc2C1c1ccco1. The zero-order valence-electron chi connectivity index (χ0n) is 13.8. The van der Waals surface area contributed by atoms with Gasteiger partial charge in [0.2, 0.25) is 0 Å². The molecule has 3 heterocycles. The van der Waals surface area contributed by atoms with Gasteiger partial charge < -0.3 is 19.2 Å². The monoisotopic (exact) mass is 371 g/mol. The largest absolute Gasteiger partial charge is 0.467 e. The first-order valence-corrected chi connectivity index (χ1v) is 8.95. The Balaban J connectivity index is 1.66. The van der Waals surface area contributed by atoms with Gasteiger partial charge in [-0.2, -0.15) is 0 Å². The molecule has 0 spiro atoms. The van der Waals surface area contributed by atoms with E-state index in [0.717, 1.165) is 35.1 Å². The highest BCUT2D eigenvalue weighted by molar-refractivity contribution is 7.80. The molecule has 0 amide bonds. The Morgan fingerprint density at radius 3 is 2.88 bits per heavy atom. The van der Waals surface area contributed by atoms with Crippen molar-refractivity contribution < 1.29 is 4.42 Å². The lowest BCUT2D eigenvalue weighted by Gasteiger charge is -2.37. The molecule has 0 radical (unpaired) electrons. The van der Waals surface area contributed by atoms with Gasteiger partial charge in [0.1, 0.15) is 11.8 Å². The van der Waals surface area contributed by atoms with Crippen LogP contribution < -0.4 is 5.32 Å². The maximum absolute atomic E-state index is 6.23. The minimum Gasteiger partial charge on any atom is -0.467 e. The van der Waals surface area contributed by atoms with Crippen molar-refractivity contribution in [2.75, 3.05) is 11.9 Å². The summed E-state index contributed by atoms with van der Waals surface area (Å²) >= 11 is 12.0. The maximum Gasteiger partial charge on any atom is 0.174 e. The lowest BCUT2D eigenvalue weighted by atomic mass is 10.1. The van der Waals surface area contributed by atoms with Crippen molar-refractivity contribution in [3.63, 3.8) is 0 Å². The van der Waals surface area contributed by atoms with Crippen molar-refractivity contribution in [2.45, 2.75) is 19.5 Å². The molecule has 0 saturated carbocycles. The van der Waals surface area contributed by atoms with Gasteiger partial charge in [0, 0.05) is 35.7 Å². The second-order valence-electron chi connectivity index (χ2n) is 6.08. The molecule has 1 unspecified atom stereocenters. The number of anilines is 1. The van der Waals surface area contributed by atoms with E-state index < -0.39 is 0 Å². The molecule has 0 bridgehead atoms. The molecular formula is C19H18ClN3OS. The summed E-state index contributed by atoms with van der Waals surface area (Å²) in [5.74, 6) is 0.881. The first-order valence-electron chi connectivity index (χ1n) is 8.16. The summed E-state index contributed by atoms with van der Waals surface area (Å²) in [6, 6.07) is 13.8. The molecule has 0 fully saturated rings. The van der Waals surface area contributed by atoms with Crippen LogP contribution >= 0.6 is 23.8 Å². The zero-order chi connectivity index (χ0) is 17.4. The highest BCUT2D eigenvalue weighted by atomic mass is 35.5. The number of hydrogen-bond donors (Lipinski definition) is 1. The topological polar surface area (TPSA) is 33.3 Å². The number of halogens is 1. The third-order valence-electron chi connectivity index (χ3n) is 4.62. The minimum absolute atomic E-state index is 0.0433. The smallest absolute Gasteiger partial charge is 0.174 e. The average molecular weight is 372 g/mol. The molecule has 3 aromatic rings. The molecule has 25 heavy (non-hydrogen) atoms. The number of hydrogen-bond acceptors (Lipinski definition) is 2. The Bertz CT molecular complexity index is 903. The Morgan fingerprint density at radius 2 is 2.08 bits per heavy atom. The van der Waals surface area contributed by atoms with E-state index in [4.69, 9.17) is 28.2 Å². The first kappa shape index (κ1) is 16.2. The van der Waals surface area contributed by atoms with Crippen molar-refractivity contribution in [2.24, 2.45) is 0 Å². The molecule has 4 nitrogen and oxygen atoms in total. The van der Waals surface area contributed by atoms with Gasteiger partial charge in [0.25, 0.3) is 0 Å². The minimum atomic E-state index is -0.0433. The van der Waals surface area contributed by atoms with Gasteiger partial charge in [-0.25, -0.2) is 0 Å². The van der Waals surface area contributed by atoms with Crippen LogP contribution in [0.4, 0.5) is 5.69 Å². The van der Waals surface area contributed by atoms with Crippen LogP contribution in [0, 0.1) is 6.92 Å². The molecule has 1 atom stereocenters. The Labute approximate surface area is 157 Å². The number of nitrogens with one attached hydrogen (secondary N) is 1. The third-order valence-corrected chi connectivity index (χ3v) is 5.37. The second kappa shape index (κ2) is 6.58. The quantitative estimate of drug-likeness (QED) is 0.653. The molecule has 1 aromatic carbocycles. The molecule has 6 heteroatoms. The second-order valence-corrected chi connectivity index (χ2v) is 6.87. The number of rotatable bonds is 2. The molecule has 2 aromatic heterocycles. The number of thiocarbonyl (C=S) groups is 1. The summed E-state index contributed by atoms with van der Waals surface area (Å²) in [6.45, 7) is 3.67. The number of aromatic nitrogens is 1. The first-order chi connectivity index (χ1) is 12.1. The van der Waals surface area contributed by atoms with Crippen molar-refractivity contribution in [1.29, 1.82) is 0 Å².